The van der Waals surface area contributed by atoms with E-state index in [0.717, 1.165) is 0 Å². The third kappa shape index (κ3) is 12.4. The zero-order chi connectivity index (χ0) is 22.1. The van der Waals surface area contributed by atoms with Crippen LogP contribution >= 0.6 is 51.5 Å². The van der Waals surface area contributed by atoms with E-state index in [1.807, 2.05) is 26.8 Å². The highest BCUT2D eigenvalue weighted by Gasteiger charge is 2.45. The van der Waals surface area contributed by atoms with Crippen molar-refractivity contribution in [1.82, 2.24) is 5.43 Å². The molecule has 0 saturated heterocycles. The summed E-state index contributed by atoms with van der Waals surface area (Å²) in [5.74, 6) is 0.902. The van der Waals surface area contributed by atoms with Crippen LogP contribution < -0.4 is 11.3 Å². The van der Waals surface area contributed by atoms with Gasteiger partial charge in [0.2, 0.25) is 9.82 Å². The third-order valence-corrected chi connectivity index (χ3v) is 4.05. The number of carbonyl (C=O) groups excluding carboxylic acids is 2. The largest absolute Gasteiger partial charge is 0.280 e. The molecule has 2 atom stereocenters. The van der Waals surface area contributed by atoms with Crippen LogP contribution in [0.2, 0.25) is 0 Å². The van der Waals surface area contributed by atoms with Crippen LogP contribution in [0.1, 0.15) is 31.1 Å². The number of allylic oxidation sites excluding steroid dienone is 4. The van der Waals surface area contributed by atoms with E-state index in [2.05, 4.69) is 21.4 Å². The van der Waals surface area contributed by atoms with Crippen molar-refractivity contribution < 1.29 is 22.8 Å². The van der Waals surface area contributed by atoms with Gasteiger partial charge in [-0.1, -0.05) is 30.3 Å². The first-order valence-corrected chi connectivity index (χ1v) is 9.31. The number of carbonyl (C=O) groups is 2. The topological polar surface area (TPSA) is 72.2 Å². The molecule has 0 amide bonds. The fraction of sp³-hybridized carbons (Fsp3) is 0.333. The third-order valence-electron chi connectivity index (χ3n) is 2.93. The number of nitrogens with one attached hydrogen (secondary N) is 1. The van der Waals surface area contributed by atoms with Crippen LogP contribution in [0.5, 0.6) is 0 Å². The van der Waals surface area contributed by atoms with Crippen LogP contribution in [0.25, 0.3) is 0 Å². The number of hydrogen-bond acceptors (Lipinski definition) is 4. The Morgan fingerprint density at radius 3 is 1.90 bits per heavy atom. The van der Waals surface area contributed by atoms with Crippen LogP contribution in [0.15, 0.2) is 54.1 Å². The monoisotopic (exact) mass is 538 g/mol. The van der Waals surface area contributed by atoms with E-state index < -0.39 is 32.6 Å². The average Bonchev–Trinajstić information content (AvgIpc) is 2.53. The van der Waals surface area contributed by atoms with E-state index in [1.54, 1.807) is 24.3 Å². The maximum Gasteiger partial charge on any atom is 0.252 e. The summed E-state index contributed by atoms with van der Waals surface area (Å²) in [6.45, 7) is 6.02. The second kappa shape index (κ2) is 13.4. The molecule has 0 aliphatic heterocycles. The summed E-state index contributed by atoms with van der Waals surface area (Å²) in [7, 11) is 0. The molecule has 0 radical (unpaired) electrons. The van der Waals surface area contributed by atoms with Crippen LogP contribution in [-0.2, 0) is 4.79 Å². The Bertz CT molecular complexity index is 740. The van der Waals surface area contributed by atoms with Crippen molar-refractivity contribution in [3.05, 3.63) is 59.7 Å². The molecular formula is C18H21BrCl3F3N2O2. The summed E-state index contributed by atoms with van der Waals surface area (Å²) in [5.41, 5.74) is 3.21. The normalized spacial score (nSPS) is 20.4. The van der Waals surface area contributed by atoms with Gasteiger partial charge < -0.3 is 0 Å². The molecule has 4 nitrogen and oxygen atoms in total. The minimum Gasteiger partial charge on any atom is -0.280 e. The van der Waals surface area contributed by atoms with E-state index in [4.69, 9.17) is 29.0 Å². The molecule has 0 fully saturated rings. The maximum atomic E-state index is 13.3. The van der Waals surface area contributed by atoms with Gasteiger partial charge in [0.1, 0.15) is 17.6 Å². The highest BCUT2D eigenvalue weighted by Crippen LogP contribution is 2.42. The van der Waals surface area contributed by atoms with Crippen molar-refractivity contribution in [2.45, 2.75) is 30.9 Å². The molecule has 1 aromatic rings. The second-order valence-electron chi connectivity index (χ2n) is 6.50. The Morgan fingerprint density at radius 2 is 1.62 bits per heavy atom. The number of rotatable bonds is 2. The standard InChI is InChI=1S/C7H3BrClF3O.C7H5ClO.C4H12N2.ClH/c8-7(12)2-3(10)1-4(11)5(7)6(9)13;8-7(9)6-4-2-1-3-5-6;1-4(2,3)6-5;/h1-2,5H;1-5H;6H,5H2,1-3H3;1H. The molecule has 1 aromatic carbocycles. The molecule has 0 aromatic heterocycles. The highest BCUT2D eigenvalue weighted by molar-refractivity contribution is 9.10. The van der Waals surface area contributed by atoms with Gasteiger partial charge in [0.25, 0.3) is 5.24 Å². The zero-order valence-electron chi connectivity index (χ0n) is 15.7. The zero-order valence-corrected chi connectivity index (χ0v) is 19.6. The fourth-order valence-electron chi connectivity index (χ4n) is 1.54. The summed E-state index contributed by atoms with van der Waals surface area (Å²) < 4.78 is 36.0. The molecule has 2 unspecified atom stereocenters. The van der Waals surface area contributed by atoms with Gasteiger partial charge in [-0.2, -0.15) is 0 Å². The lowest BCUT2D eigenvalue weighted by Gasteiger charge is -2.24. The van der Waals surface area contributed by atoms with Gasteiger partial charge in [-0.15, -0.1) is 12.4 Å². The molecule has 0 bridgehead atoms. The molecular weight excluding hydrogens is 519 g/mol. The Hall–Kier alpha value is -0.900. The Balaban J connectivity index is 0. The van der Waals surface area contributed by atoms with Crippen molar-refractivity contribution in [3.8, 4) is 0 Å². The Morgan fingerprint density at radius 1 is 1.17 bits per heavy atom. The van der Waals surface area contributed by atoms with E-state index >= 15 is 0 Å². The first kappa shape index (κ1) is 30.3. The number of hydrogen-bond donors (Lipinski definition) is 2. The quantitative estimate of drug-likeness (QED) is 0.213. The molecule has 0 heterocycles. The minimum absolute atomic E-state index is 0. The predicted molar refractivity (Wildman–Crippen MR) is 116 cm³/mol. The molecule has 2 rings (SSSR count). The molecule has 164 valence electrons. The first-order chi connectivity index (χ1) is 12.7. The lowest BCUT2D eigenvalue weighted by molar-refractivity contribution is -0.116. The van der Waals surface area contributed by atoms with Crippen molar-refractivity contribution in [1.29, 1.82) is 0 Å². The Kier molecular flexibility index (Phi) is 14.0. The molecule has 1 aliphatic rings. The first-order valence-electron chi connectivity index (χ1n) is 7.76. The van der Waals surface area contributed by atoms with Gasteiger partial charge in [0, 0.05) is 23.3 Å². The number of alkyl halides is 2. The summed E-state index contributed by atoms with van der Waals surface area (Å²) in [4.78, 5) is 21.0. The SMILES string of the molecule is CC(C)(C)NN.Cl.O=C(Cl)C1C(F)=CC(F)=CC1(F)Br.O=C(Cl)c1ccccc1. The van der Waals surface area contributed by atoms with Crippen molar-refractivity contribution in [2.75, 3.05) is 0 Å². The van der Waals surface area contributed by atoms with Crippen LogP contribution in [0.4, 0.5) is 13.2 Å². The number of halogens is 7. The van der Waals surface area contributed by atoms with Crippen molar-refractivity contribution >= 4 is 62.0 Å². The maximum absolute atomic E-state index is 13.3. The van der Waals surface area contributed by atoms with Gasteiger partial charge in [0.15, 0.2) is 0 Å². The van der Waals surface area contributed by atoms with E-state index in [0.29, 0.717) is 17.7 Å². The number of benzene rings is 1. The van der Waals surface area contributed by atoms with Crippen LogP contribution in [-0.4, -0.2) is 20.6 Å². The summed E-state index contributed by atoms with van der Waals surface area (Å²) in [5, 5.41) is -1.63. The Labute approximate surface area is 192 Å². The summed E-state index contributed by atoms with van der Waals surface area (Å²) >= 11 is 12.5. The van der Waals surface area contributed by atoms with Gasteiger partial charge >= 0.3 is 0 Å². The van der Waals surface area contributed by atoms with Crippen molar-refractivity contribution in [3.63, 3.8) is 0 Å². The van der Waals surface area contributed by atoms with Gasteiger partial charge in [-0.25, -0.2) is 13.2 Å². The molecule has 0 saturated carbocycles. The van der Waals surface area contributed by atoms with Crippen LogP contribution in [0, 0.1) is 5.92 Å². The molecule has 11 heteroatoms. The molecule has 0 spiro atoms. The average molecular weight is 541 g/mol. The molecule has 1 aliphatic carbocycles. The van der Waals surface area contributed by atoms with Crippen molar-refractivity contribution in [2.24, 2.45) is 11.8 Å². The fourth-order valence-corrected chi connectivity index (χ4v) is 2.70. The van der Waals surface area contributed by atoms with Gasteiger partial charge in [-0.3, -0.25) is 20.9 Å². The lowest BCUT2D eigenvalue weighted by Crippen LogP contribution is -2.41. The second-order valence-corrected chi connectivity index (χ2v) is 8.44. The summed E-state index contributed by atoms with van der Waals surface area (Å²) in [6.07, 6.45) is 0.866. The predicted octanol–water partition coefficient (Wildman–Crippen LogP) is 5.88. The smallest absolute Gasteiger partial charge is 0.252 e. The van der Waals surface area contributed by atoms with E-state index in [-0.39, 0.29) is 17.9 Å². The molecule has 29 heavy (non-hydrogen) atoms. The number of hydrazine groups is 1. The highest BCUT2D eigenvalue weighted by atomic mass is 79.9. The van der Waals surface area contributed by atoms with Gasteiger partial charge in [0.05, 0.1) is 0 Å². The lowest BCUT2D eigenvalue weighted by atomic mass is 9.98. The van der Waals surface area contributed by atoms with Gasteiger partial charge in [-0.05, 0) is 59.9 Å². The summed E-state index contributed by atoms with van der Waals surface area (Å²) in [6, 6.07) is 8.74. The van der Waals surface area contributed by atoms with E-state index in [9.17, 15) is 22.8 Å². The number of nitrogens with two attached hydrogens (primary N) is 1. The molecule has 3 N–H and O–H groups in total. The minimum atomic E-state index is -2.59. The van der Waals surface area contributed by atoms with Crippen LogP contribution in [0.3, 0.4) is 0 Å². The van der Waals surface area contributed by atoms with E-state index in [1.165, 1.54) is 0 Å².